The summed E-state index contributed by atoms with van der Waals surface area (Å²) in [4.78, 5) is 14.8. The molecule has 0 unspecified atom stereocenters. The van der Waals surface area contributed by atoms with Crippen LogP contribution in [0.5, 0.6) is 5.75 Å². The molecular formula is C22H25N3O3S. The second kappa shape index (κ2) is 9.43. The van der Waals surface area contributed by atoms with Crippen LogP contribution in [-0.4, -0.2) is 38.4 Å². The number of nitrogens with zero attached hydrogens (tertiary/aromatic N) is 1. The Morgan fingerprint density at radius 2 is 1.76 bits per heavy atom. The van der Waals surface area contributed by atoms with E-state index in [-0.39, 0.29) is 19.3 Å². The van der Waals surface area contributed by atoms with Crippen LogP contribution in [0, 0.1) is 0 Å². The second-order valence-corrected chi connectivity index (χ2v) is 7.26. The van der Waals surface area contributed by atoms with Gasteiger partial charge in [-0.3, -0.25) is 0 Å². The van der Waals surface area contributed by atoms with Crippen LogP contribution in [0.3, 0.4) is 0 Å². The number of ether oxygens (including phenoxy) is 2. The van der Waals surface area contributed by atoms with Crippen LogP contribution in [0.25, 0.3) is 0 Å². The largest absolute Gasteiger partial charge is 0.490 e. The van der Waals surface area contributed by atoms with E-state index in [1.807, 2.05) is 80.5 Å². The predicted octanol–water partition coefficient (Wildman–Crippen LogP) is 3.17. The van der Waals surface area contributed by atoms with Crippen molar-refractivity contribution >= 4 is 29.0 Å². The number of benzene rings is 2. The third kappa shape index (κ3) is 5.26. The molecule has 0 spiro atoms. The maximum atomic E-state index is 12.8. The van der Waals surface area contributed by atoms with E-state index in [1.165, 1.54) is 0 Å². The topological polar surface area (TPSA) is 62.8 Å². The zero-order chi connectivity index (χ0) is 20.8. The molecule has 2 aromatic carbocycles. The molecule has 2 aromatic rings. The highest BCUT2D eigenvalue weighted by molar-refractivity contribution is 7.80. The Bertz CT molecular complexity index is 895. The molecule has 6 nitrogen and oxygen atoms in total. The minimum absolute atomic E-state index is 0.154. The summed E-state index contributed by atoms with van der Waals surface area (Å²) >= 11 is 5.29. The van der Waals surface area contributed by atoms with Gasteiger partial charge in [0.1, 0.15) is 19.0 Å². The first-order chi connectivity index (χ1) is 14.0. The molecule has 0 bridgehead atoms. The van der Waals surface area contributed by atoms with E-state index in [9.17, 15) is 4.79 Å². The molecule has 1 aliphatic rings. The molecule has 0 fully saturated rings. The molecule has 29 heavy (non-hydrogen) atoms. The van der Waals surface area contributed by atoms with Crippen molar-refractivity contribution in [2.24, 2.45) is 0 Å². The Balaban J connectivity index is 1.69. The van der Waals surface area contributed by atoms with E-state index in [4.69, 9.17) is 21.7 Å². The SMILES string of the molecule is CC1=C(C(=O)OCCOc2ccccc2)[C@H](c2ccc(N(C)C)cc2)NC(=S)N1. The van der Waals surface area contributed by atoms with Crippen LogP contribution < -0.4 is 20.3 Å². The quantitative estimate of drug-likeness (QED) is 0.412. The molecule has 152 valence electrons. The summed E-state index contributed by atoms with van der Waals surface area (Å²) in [5.41, 5.74) is 3.21. The number of nitrogens with one attached hydrogen (secondary N) is 2. The van der Waals surface area contributed by atoms with Crippen molar-refractivity contribution in [2.75, 3.05) is 32.2 Å². The maximum Gasteiger partial charge on any atom is 0.338 e. The van der Waals surface area contributed by atoms with Gasteiger partial charge in [-0.05, 0) is 49.0 Å². The molecule has 3 rings (SSSR count). The van der Waals surface area contributed by atoms with E-state index in [2.05, 4.69) is 10.6 Å². The zero-order valence-electron chi connectivity index (χ0n) is 16.8. The van der Waals surface area contributed by atoms with Crippen molar-refractivity contribution in [3.05, 3.63) is 71.4 Å². The van der Waals surface area contributed by atoms with Gasteiger partial charge in [0.05, 0.1) is 11.6 Å². The highest BCUT2D eigenvalue weighted by Gasteiger charge is 2.31. The Labute approximate surface area is 176 Å². The maximum absolute atomic E-state index is 12.8. The van der Waals surface area contributed by atoms with E-state index in [1.54, 1.807) is 0 Å². The summed E-state index contributed by atoms with van der Waals surface area (Å²) in [5, 5.41) is 6.67. The van der Waals surface area contributed by atoms with Gasteiger partial charge < -0.3 is 25.0 Å². The highest BCUT2D eigenvalue weighted by atomic mass is 32.1. The predicted molar refractivity (Wildman–Crippen MR) is 118 cm³/mol. The number of esters is 1. The molecule has 1 atom stereocenters. The van der Waals surface area contributed by atoms with E-state index >= 15 is 0 Å². The fourth-order valence-electron chi connectivity index (χ4n) is 3.07. The van der Waals surface area contributed by atoms with Crippen molar-refractivity contribution in [1.29, 1.82) is 0 Å². The molecule has 0 aliphatic carbocycles. The van der Waals surface area contributed by atoms with Crippen LogP contribution in [0.1, 0.15) is 18.5 Å². The van der Waals surface area contributed by atoms with Crippen LogP contribution >= 0.6 is 12.2 Å². The summed E-state index contributed by atoms with van der Waals surface area (Å²) in [6.07, 6.45) is 0. The number of hydrogen-bond donors (Lipinski definition) is 2. The zero-order valence-corrected chi connectivity index (χ0v) is 17.6. The van der Waals surface area contributed by atoms with Gasteiger partial charge in [-0.1, -0.05) is 30.3 Å². The summed E-state index contributed by atoms with van der Waals surface area (Å²) in [6.45, 7) is 2.26. The lowest BCUT2D eigenvalue weighted by Gasteiger charge is -2.30. The number of carbonyl (C=O) groups is 1. The minimum atomic E-state index is -0.400. The average Bonchev–Trinajstić information content (AvgIpc) is 2.71. The lowest BCUT2D eigenvalue weighted by Crippen LogP contribution is -2.45. The molecule has 7 heteroatoms. The van der Waals surface area contributed by atoms with E-state index < -0.39 is 5.97 Å². The van der Waals surface area contributed by atoms with Crippen molar-refractivity contribution in [2.45, 2.75) is 13.0 Å². The van der Waals surface area contributed by atoms with Crippen molar-refractivity contribution in [3.8, 4) is 5.75 Å². The number of para-hydroxylation sites is 1. The molecule has 1 aliphatic heterocycles. The number of rotatable bonds is 7. The smallest absolute Gasteiger partial charge is 0.338 e. The molecule has 2 N–H and O–H groups in total. The first-order valence-electron chi connectivity index (χ1n) is 9.36. The number of thiocarbonyl (C=S) groups is 1. The van der Waals surface area contributed by atoms with Gasteiger partial charge in [-0.2, -0.15) is 0 Å². The Morgan fingerprint density at radius 3 is 2.41 bits per heavy atom. The summed E-state index contributed by atoms with van der Waals surface area (Å²) in [6, 6.07) is 17.0. The lowest BCUT2D eigenvalue weighted by molar-refractivity contribution is -0.140. The highest BCUT2D eigenvalue weighted by Crippen LogP contribution is 2.28. The first kappa shape index (κ1) is 20.7. The Morgan fingerprint density at radius 1 is 1.07 bits per heavy atom. The van der Waals surface area contributed by atoms with Gasteiger partial charge in [0, 0.05) is 25.5 Å². The van der Waals surface area contributed by atoms with Crippen LogP contribution in [0.15, 0.2) is 65.9 Å². The second-order valence-electron chi connectivity index (χ2n) is 6.85. The van der Waals surface area contributed by atoms with E-state index in [0.717, 1.165) is 17.0 Å². The fraction of sp³-hybridized carbons (Fsp3) is 0.273. The normalized spacial score (nSPS) is 16.0. The van der Waals surface area contributed by atoms with Crippen LogP contribution in [0.4, 0.5) is 5.69 Å². The third-order valence-electron chi connectivity index (χ3n) is 4.56. The van der Waals surface area contributed by atoms with Crippen LogP contribution in [-0.2, 0) is 9.53 Å². The molecule has 0 saturated carbocycles. The first-order valence-corrected chi connectivity index (χ1v) is 9.77. The Hall–Kier alpha value is -3.06. The number of carbonyl (C=O) groups excluding carboxylic acids is 1. The average molecular weight is 412 g/mol. The van der Waals surface area contributed by atoms with E-state index in [0.29, 0.717) is 16.4 Å². The van der Waals surface area contributed by atoms with Gasteiger partial charge in [-0.25, -0.2) is 4.79 Å². The van der Waals surface area contributed by atoms with Crippen molar-refractivity contribution < 1.29 is 14.3 Å². The van der Waals surface area contributed by atoms with Crippen LogP contribution in [0.2, 0.25) is 0 Å². The van der Waals surface area contributed by atoms with Crippen molar-refractivity contribution in [1.82, 2.24) is 10.6 Å². The molecule has 0 aromatic heterocycles. The summed E-state index contributed by atoms with van der Waals surface area (Å²) in [5.74, 6) is 0.340. The van der Waals surface area contributed by atoms with Gasteiger partial charge in [0.25, 0.3) is 0 Å². The number of anilines is 1. The molecule has 0 amide bonds. The van der Waals surface area contributed by atoms with Crippen molar-refractivity contribution in [3.63, 3.8) is 0 Å². The summed E-state index contributed by atoms with van der Waals surface area (Å²) in [7, 11) is 3.97. The van der Waals surface area contributed by atoms with Gasteiger partial charge >= 0.3 is 5.97 Å². The molecule has 0 saturated heterocycles. The number of allylic oxidation sites excluding steroid dienone is 1. The standard InChI is InChI=1S/C22H25N3O3S/c1-15-19(21(26)28-14-13-27-18-7-5-4-6-8-18)20(24-22(29)23-15)16-9-11-17(12-10-16)25(2)3/h4-12,20H,13-14H2,1-3H3,(H2,23,24,29)/t20-/m0/s1. The van der Waals surface area contributed by atoms with Gasteiger partial charge in [0.15, 0.2) is 5.11 Å². The molecule has 1 heterocycles. The Kier molecular flexibility index (Phi) is 6.72. The molecule has 0 radical (unpaired) electrons. The third-order valence-corrected chi connectivity index (χ3v) is 4.78. The number of hydrogen-bond acceptors (Lipinski definition) is 5. The minimum Gasteiger partial charge on any atom is -0.490 e. The lowest BCUT2D eigenvalue weighted by atomic mass is 9.95. The van der Waals surface area contributed by atoms with Gasteiger partial charge in [-0.15, -0.1) is 0 Å². The monoisotopic (exact) mass is 411 g/mol. The fourth-order valence-corrected chi connectivity index (χ4v) is 3.34. The molecular weight excluding hydrogens is 386 g/mol. The summed E-state index contributed by atoms with van der Waals surface area (Å²) < 4.78 is 11.1. The van der Waals surface area contributed by atoms with Gasteiger partial charge in [0.2, 0.25) is 0 Å².